The van der Waals surface area contributed by atoms with Crippen molar-refractivity contribution in [2.24, 2.45) is 5.92 Å². The van der Waals surface area contributed by atoms with Gasteiger partial charge in [-0.15, -0.1) is 0 Å². The number of amides is 1. The summed E-state index contributed by atoms with van der Waals surface area (Å²) < 4.78 is 5.38. The molecule has 1 saturated carbocycles. The summed E-state index contributed by atoms with van der Waals surface area (Å²) in [7, 11) is 0. The monoisotopic (exact) mass is 248 g/mol. The Bertz CT molecular complexity index is 416. The summed E-state index contributed by atoms with van der Waals surface area (Å²) >= 11 is 0. The Morgan fingerprint density at radius 1 is 1.50 bits per heavy atom. The van der Waals surface area contributed by atoms with Gasteiger partial charge in [-0.1, -0.05) is 25.0 Å². The van der Waals surface area contributed by atoms with Crippen LogP contribution in [0.2, 0.25) is 0 Å². The second-order valence-corrected chi connectivity index (χ2v) is 4.97. The molecule has 4 nitrogen and oxygen atoms in total. The van der Waals surface area contributed by atoms with Crippen LogP contribution in [0.5, 0.6) is 5.75 Å². The molecule has 0 radical (unpaired) electrons. The van der Waals surface area contributed by atoms with E-state index in [9.17, 15) is 4.79 Å². The van der Waals surface area contributed by atoms with Gasteiger partial charge < -0.3 is 15.8 Å². The molecule has 98 valence electrons. The molecular formula is C14H20N2O2. The third-order valence-corrected chi connectivity index (χ3v) is 3.07. The van der Waals surface area contributed by atoms with Gasteiger partial charge in [0, 0.05) is 6.04 Å². The van der Waals surface area contributed by atoms with Gasteiger partial charge in [-0.05, 0) is 31.4 Å². The predicted molar refractivity (Wildman–Crippen MR) is 71.3 cm³/mol. The molecule has 1 amide bonds. The van der Waals surface area contributed by atoms with Crippen LogP contribution in [0.1, 0.15) is 26.2 Å². The van der Waals surface area contributed by atoms with Gasteiger partial charge in [0.1, 0.15) is 5.75 Å². The summed E-state index contributed by atoms with van der Waals surface area (Å²) in [4.78, 5) is 11.7. The van der Waals surface area contributed by atoms with E-state index in [0.717, 1.165) is 12.3 Å². The molecule has 1 unspecified atom stereocenters. The maximum atomic E-state index is 11.7. The van der Waals surface area contributed by atoms with Gasteiger partial charge in [0.25, 0.3) is 5.91 Å². The average molecular weight is 248 g/mol. The fraction of sp³-hybridized carbons (Fsp3) is 0.500. The van der Waals surface area contributed by atoms with Crippen LogP contribution in [0.3, 0.4) is 0 Å². The third-order valence-electron chi connectivity index (χ3n) is 3.07. The highest BCUT2D eigenvalue weighted by atomic mass is 16.5. The fourth-order valence-corrected chi connectivity index (χ4v) is 1.98. The lowest BCUT2D eigenvalue weighted by molar-refractivity contribution is -0.123. The van der Waals surface area contributed by atoms with Gasteiger partial charge >= 0.3 is 0 Å². The number of hydrogen-bond acceptors (Lipinski definition) is 3. The molecule has 18 heavy (non-hydrogen) atoms. The number of ether oxygens (including phenoxy) is 1. The Labute approximate surface area is 108 Å². The van der Waals surface area contributed by atoms with Gasteiger partial charge in [-0.25, -0.2) is 0 Å². The van der Waals surface area contributed by atoms with Crippen molar-refractivity contribution in [3.63, 3.8) is 0 Å². The number of nitrogen functional groups attached to an aromatic ring is 1. The lowest BCUT2D eigenvalue weighted by Gasteiger charge is -2.14. The van der Waals surface area contributed by atoms with E-state index >= 15 is 0 Å². The topological polar surface area (TPSA) is 64.3 Å². The molecule has 1 fully saturated rings. The molecule has 4 heteroatoms. The van der Waals surface area contributed by atoms with E-state index in [4.69, 9.17) is 10.5 Å². The van der Waals surface area contributed by atoms with Gasteiger partial charge in [0.05, 0.1) is 5.69 Å². The zero-order chi connectivity index (χ0) is 13.0. The summed E-state index contributed by atoms with van der Waals surface area (Å²) in [5, 5.41) is 2.94. The van der Waals surface area contributed by atoms with Crippen LogP contribution < -0.4 is 15.8 Å². The van der Waals surface area contributed by atoms with E-state index in [2.05, 4.69) is 5.32 Å². The summed E-state index contributed by atoms with van der Waals surface area (Å²) in [5.74, 6) is 1.28. The molecule has 1 aromatic carbocycles. The number of nitrogens with one attached hydrogen (secondary N) is 1. The van der Waals surface area contributed by atoms with Crippen LogP contribution in [0.15, 0.2) is 24.3 Å². The van der Waals surface area contributed by atoms with Crippen molar-refractivity contribution in [3.05, 3.63) is 24.3 Å². The summed E-state index contributed by atoms with van der Waals surface area (Å²) in [5.41, 5.74) is 6.28. The normalized spacial score (nSPS) is 16.1. The Balaban J connectivity index is 1.72. The standard InChI is InChI=1S/C14H20N2O2/c1-10(8-11-6-7-11)16-14(17)9-18-13-5-3-2-4-12(13)15/h2-5,10-11H,6-9,15H2,1H3,(H,16,17). The number of para-hydroxylation sites is 2. The van der Waals surface area contributed by atoms with Gasteiger partial charge in [-0.2, -0.15) is 0 Å². The molecule has 1 aliphatic carbocycles. The average Bonchev–Trinajstić information content (AvgIpc) is 3.11. The zero-order valence-corrected chi connectivity index (χ0v) is 10.7. The van der Waals surface area contributed by atoms with Crippen LogP contribution >= 0.6 is 0 Å². The number of carbonyl (C=O) groups is 1. The van der Waals surface area contributed by atoms with Crippen LogP contribution in [-0.4, -0.2) is 18.6 Å². The number of anilines is 1. The first-order valence-corrected chi connectivity index (χ1v) is 6.42. The van der Waals surface area contributed by atoms with E-state index < -0.39 is 0 Å². The molecule has 1 atom stereocenters. The molecule has 0 aliphatic heterocycles. The van der Waals surface area contributed by atoms with Crippen molar-refractivity contribution >= 4 is 11.6 Å². The van der Waals surface area contributed by atoms with Gasteiger partial charge in [-0.3, -0.25) is 4.79 Å². The summed E-state index contributed by atoms with van der Waals surface area (Å²) in [6, 6.07) is 7.40. The van der Waals surface area contributed by atoms with E-state index in [0.29, 0.717) is 11.4 Å². The SMILES string of the molecule is CC(CC1CC1)NC(=O)COc1ccccc1N. The minimum absolute atomic E-state index is 0.0171. The molecule has 0 spiro atoms. The molecule has 3 N–H and O–H groups in total. The highest BCUT2D eigenvalue weighted by Crippen LogP contribution is 2.33. The first-order valence-electron chi connectivity index (χ1n) is 6.42. The summed E-state index contributed by atoms with van der Waals surface area (Å²) in [6.07, 6.45) is 3.67. The van der Waals surface area contributed by atoms with Crippen molar-refractivity contribution in [2.75, 3.05) is 12.3 Å². The van der Waals surface area contributed by atoms with Gasteiger partial charge in [0.2, 0.25) is 0 Å². The van der Waals surface area contributed by atoms with Gasteiger partial charge in [0.15, 0.2) is 6.61 Å². The van der Waals surface area contributed by atoms with Crippen molar-refractivity contribution in [2.45, 2.75) is 32.2 Å². The van der Waals surface area contributed by atoms with Crippen molar-refractivity contribution < 1.29 is 9.53 Å². The van der Waals surface area contributed by atoms with Crippen LogP contribution in [0, 0.1) is 5.92 Å². The number of nitrogens with two attached hydrogens (primary N) is 1. The fourth-order valence-electron chi connectivity index (χ4n) is 1.98. The third kappa shape index (κ3) is 3.95. The Morgan fingerprint density at radius 3 is 2.89 bits per heavy atom. The maximum Gasteiger partial charge on any atom is 0.258 e. The van der Waals surface area contributed by atoms with E-state index in [1.54, 1.807) is 12.1 Å². The number of carbonyl (C=O) groups excluding carboxylic acids is 1. The van der Waals surface area contributed by atoms with Crippen molar-refractivity contribution in [3.8, 4) is 5.75 Å². The smallest absolute Gasteiger partial charge is 0.258 e. The molecule has 1 aliphatic rings. The van der Waals surface area contributed by atoms with Crippen LogP contribution in [0.25, 0.3) is 0 Å². The minimum atomic E-state index is -0.0913. The van der Waals surface area contributed by atoms with Crippen molar-refractivity contribution in [1.82, 2.24) is 5.32 Å². The molecule has 0 heterocycles. The maximum absolute atomic E-state index is 11.7. The predicted octanol–water partition coefficient (Wildman–Crippen LogP) is 1.95. The van der Waals surface area contributed by atoms with Crippen molar-refractivity contribution in [1.29, 1.82) is 0 Å². The number of benzene rings is 1. The first-order chi connectivity index (χ1) is 8.65. The molecule has 0 saturated heterocycles. The lowest BCUT2D eigenvalue weighted by atomic mass is 10.1. The minimum Gasteiger partial charge on any atom is -0.482 e. The quantitative estimate of drug-likeness (QED) is 0.756. The van der Waals surface area contributed by atoms with E-state index in [-0.39, 0.29) is 18.6 Å². The Kier molecular flexibility index (Phi) is 4.07. The Morgan fingerprint density at radius 2 is 2.22 bits per heavy atom. The highest BCUT2D eigenvalue weighted by molar-refractivity contribution is 5.78. The molecule has 2 rings (SSSR count). The molecular weight excluding hydrogens is 228 g/mol. The van der Waals surface area contributed by atoms with Crippen LogP contribution in [-0.2, 0) is 4.79 Å². The molecule has 1 aromatic rings. The van der Waals surface area contributed by atoms with Crippen LogP contribution in [0.4, 0.5) is 5.69 Å². The molecule has 0 aromatic heterocycles. The molecule has 0 bridgehead atoms. The van der Waals surface area contributed by atoms with E-state index in [1.807, 2.05) is 19.1 Å². The highest BCUT2D eigenvalue weighted by Gasteiger charge is 2.24. The number of rotatable bonds is 6. The second kappa shape index (κ2) is 5.76. The Hall–Kier alpha value is -1.71. The zero-order valence-electron chi connectivity index (χ0n) is 10.7. The number of hydrogen-bond donors (Lipinski definition) is 2. The lowest BCUT2D eigenvalue weighted by Crippen LogP contribution is -2.36. The summed E-state index contributed by atoms with van der Waals surface area (Å²) in [6.45, 7) is 2.05. The second-order valence-electron chi connectivity index (χ2n) is 4.97. The largest absolute Gasteiger partial charge is 0.482 e. The van der Waals surface area contributed by atoms with E-state index in [1.165, 1.54) is 12.8 Å². The first kappa shape index (κ1) is 12.7.